The predicted molar refractivity (Wildman–Crippen MR) is 85.0 cm³/mol. The first-order valence-electron chi connectivity index (χ1n) is 7.35. The molecule has 22 heavy (non-hydrogen) atoms. The molecule has 0 atom stereocenters. The Morgan fingerprint density at radius 1 is 1.23 bits per heavy atom. The Kier molecular flexibility index (Phi) is 4.34. The van der Waals surface area contributed by atoms with Gasteiger partial charge in [0, 0.05) is 19.2 Å². The van der Waals surface area contributed by atoms with E-state index in [4.69, 9.17) is 9.84 Å². The highest BCUT2D eigenvalue weighted by Gasteiger charge is 2.12. The number of aliphatic hydroxyl groups excluding tert-OH is 1. The van der Waals surface area contributed by atoms with E-state index < -0.39 is 0 Å². The molecule has 1 N–H and O–H groups in total. The van der Waals surface area contributed by atoms with Crippen molar-refractivity contribution < 1.29 is 9.84 Å². The molecule has 0 fully saturated rings. The lowest BCUT2D eigenvalue weighted by molar-refractivity contribution is 0.287. The first-order chi connectivity index (χ1) is 10.8. The molecular weight excluding hydrogens is 278 g/mol. The molecule has 0 aliphatic heterocycles. The number of fused-ring (bicyclic) bond motifs is 1. The van der Waals surface area contributed by atoms with E-state index in [0.717, 1.165) is 34.7 Å². The lowest BCUT2D eigenvalue weighted by Crippen LogP contribution is -2.07. The highest BCUT2D eigenvalue weighted by atomic mass is 16.5. The minimum Gasteiger partial charge on any atom is -0.497 e. The van der Waals surface area contributed by atoms with Crippen LogP contribution in [0.3, 0.4) is 0 Å². The summed E-state index contributed by atoms with van der Waals surface area (Å²) >= 11 is 0. The SMILES string of the molecule is COc1cccc(Cn2c(CCCO)nc3cccnc32)c1. The fourth-order valence-corrected chi connectivity index (χ4v) is 2.55. The zero-order valence-corrected chi connectivity index (χ0v) is 12.6. The summed E-state index contributed by atoms with van der Waals surface area (Å²) in [7, 11) is 1.67. The number of nitrogens with zero attached hydrogens (tertiary/aromatic N) is 3. The van der Waals surface area contributed by atoms with Crippen LogP contribution in [0.25, 0.3) is 11.2 Å². The zero-order chi connectivity index (χ0) is 15.4. The first-order valence-corrected chi connectivity index (χ1v) is 7.35. The van der Waals surface area contributed by atoms with Gasteiger partial charge in [-0.15, -0.1) is 0 Å². The molecule has 5 nitrogen and oxygen atoms in total. The van der Waals surface area contributed by atoms with Gasteiger partial charge in [0.25, 0.3) is 0 Å². The maximum absolute atomic E-state index is 9.08. The minimum atomic E-state index is 0.162. The molecule has 0 radical (unpaired) electrons. The van der Waals surface area contributed by atoms with Crippen LogP contribution in [-0.4, -0.2) is 33.4 Å². The Morgan fingerprint density at radius 3 is 2.95 bits per heavy atom. The van der Waals surface area contributed by atoms with Crippen LogP contribution in [0.1, 0.15) is 17.8 Å². The van der Waals surface area contributed by atoms with Crippen molar-refractivity contribution in [3.8, 4) is 5.75 Å². The molecule has 3 aromatic rings. The molecule has 0 amide bonds. The van der Waals surface area contributed by atoms with E-state index in [9.17, 15) is 0 Å². The zero-order valence-electron chi connectivity index (χ0n) is 12.6. The van der Waals surface area contributed by atoms with Crippen molar-refractivity contribution >= 4 is 11.2 Å². The van der Waals surface area contributed by atoms with E-state index >= 15 is 0 Å². The average Bonchev–Trinajstić information content (AvgIpc) is 2.91. The maximum Gasteiger partial charge on any atom is 0.160 e. The molecule has 0 aliphatic carbocycles. The largest absolute Gasteiger partial charge is 0.497 e. The van der Waals surface area contributed by atoms with Crippen LogP contribution in [0.15, 0.2) is 42.6 Å². The Balaban J connectivity index is 1.99. The molecule has 0 aliphatic rings. The third-order valence-corrected chi connectivity index (χ3v) is 3.62. The monoisotopic (exact) mass is 297 g/mol. The van der Waals surface area contributed by atoms with Gasteiger partial charge in [0.1, 0.15) is 17.1 Å². The highest BCUT2D eigenvalue weighted by molar-refractivity contribution is 5.71. The van der Waals surface area contributed by atoms with E-state index in [1.165, 1.54) is 0 Å². The van der Waals surface area contributed by atoms with Crippen molar-refractivity contribution in [1.82, 2.24) is 14.5 Å². The standard InChI is InChI=1S/C17H19N3O2/c1-22-14-6-2-5-13(11-14)12-20-16(8-4-10-21)19-15-7-3-9-18-17(15)20/h2-3,5-7,9,11,21H,4,8,10,12H2,1H3. The smallest absolute Gasteiger partial charge is 0.160 e. The summed E-state index contributed by atoms with van der Waals surface area (Å²) in [6.07, 6.45) is 3.21. The second kappa shape index (κ2) is 6.58. The maximum atomic E-state index is 9.08. The number of aliphatic hydroxyl groups is 1. The molecule has 2 heterocycles. The molecular formula is C17H19N3O2. The molecule has 1 aromatic carbocycles. The van der Waals surface area contributed by atoms with E-state index in [-0.39, 0.29) is 6.61 Å². The second-order valence-electron chi connectivity index (χ2n) is 5.14. The normalized spacial score (nSPS) is 11.0. The van der Waals surface area contributed by atoms with Crippen molar-refractivity contribution in [1.29, 1.82) is 0 Å². The van der Waals surface area contributed by atoms with Crippen LogP contribution in [0, 0.1) is 0 Å². The van der Waals surface area contributed by atoms with Crippen LogP contribution in [0.2, 0.25) is 0 Å². The number of benzene rings is 1. The molecule has 0 unspecified atom stereocenters. The number of imidazole rings is 1. The van der Waals surface area contributed by atoms with Crippen molar-refractivity contribution in [2.24, 2.45) is 0 Å². The number of ether oxygens (including phenoxy) is 1. The summed E-state index contributed by atoms with van der Waals surface area (Å²) in [6, 6.07) is 11.8. The summed E-state index contributed by atoms with van der Waals surface area (Å²) in [6.45, 7) is 0.848. The highest BCUT2D eigenvalue weighted by Crippen LogP contribution is 2.19. The number of rotatable bonds is 6. The van der Waals surface area contributed by atoms with Gasteiger partial charge in [-0.05, 0) is 36.2 Å². The Morgan fingerprint density at radius 2 is 2.14 bits per heavy atom. The summed E-state index contributed by atoms with van der Waals surface area (Å²) < 4.78 is 7.39. The van der Waals surface area contributed by atoms with Gasteiger partial charge in [-0.3, -0.25) is 0 Å². The van der Waals surface area contributed by atoms with Gasteiger partial charge in [0.05, 0.1) is 13.7 Å². The third-order valence-electron chi connectivity index (χ3n) is 3.62. The lowest BCUT2D eigenvalue weighted by atomic mass is 10.2. The van der Waals surface area contributed by atoms with Crippen LogP contribution in [0.4, 0.5) is 0 Å². The van der Waals surface area contributed by atoms with Crippen molar-refractivity contribution in [2.45, 2.75) is 19.4 Å². The fraction of sp³-hybridized carbons (Fsp3) is 0.294. The number of pyridine rings is 1. The van der Waals surface area contributed by atoms with E-state index in [2.05, 4.69) is 20.6 Å². The van der Waals surface area contributed by atoms with Crippen LogP contribution in [-0.2, 0) is 13.0 Å². The molecule has 0 saturated carbocycles. The summed E-state index contributed by atoms with van der Waals surface area (Å²) in [5.41, 5.74) is 2.89. The van der Waals surface area contributed by atoms with Gasteiger partial charge < -0.3 is 14.4 Å². The van der Waals surface area contributed by atoms with Gasteiger partial charge in [0.15, 0.2) is 5.65 Å². The van der Waals surface area contributed by atoms with Gasteiger partial charge in [-0.2, -0.15) is 0 Å². The Bertz CT molecular complexity index is 767. The molecule has 0 saturated heterocycles. The predicted octanol–water partition coefficient (Wildman–Crippen LogP) is 2.41. The molecule has 2 aromatic heterocycles. The van der Waals surface area contributed by atoms with Crippen molar-refractivity contribution in [3.05, 3.63) is 54.0 Å². The Hall–Kier alpha value is -2.40. The van der Waals surface area contributed by atoms with E-state index in [1.54, 1.807) is 13.3 Å². The lowest BCUT2D eigenvalue weighted by Gasteiger charge is -2.09. The topological polar surface area (TPSA) is 60.2 Å². The van der Waals surface area contributed by atoms with Crippen LogP contribution < -0.4 is 4.74 Å². The summed E-state index contributed by atoms with van der Waals surface area (Å²) in [5.74, 6) is 1.79. The third kappa shape index (κ3) is 2.94. The van der Waals surface area contributed by atoms with Crippen molar-refractivity contribution in [2.75, 3.05) is 13.7 Å². The summed E-state index contributed by atoms with van der Waals surface area (Å²) in [4.78, 5) is 9.10. The van der Waals surface area contributed by atoms with Gasteiger partial charge in [-0.1, -0.05) is 12.1 Å². The Labute approximate surface area is 129 Å². The fourth-order valence-electron chi connectivity index (χ4n) is 2.55. The summed E-state index contributed by atoms with van der Waals surface area (Å²) in [5, 5.41) is 9.08. The van der Waals surface area contributed by atoms with Gasteiger partial charge >= 0.3 is 0 Å². The van der Waals surface area contributed by atoms with Crippen LogP contribution >= 0.6 is 0 Å². The van der Waals surface area contributed by atoms with Gasteiger partial charge in [-0.25, -0.2) is 9.97 Å². The van der Waals surface area contributed by atoms with E-state index in [1.807, 2.05) is 30.3 Å². The molecule has 0 bridgehead atoms. The van der Waals surface area contributed by atoms with Crippen LogP contribution in [0.5, 0.6) is 5.75 Å². The number of aromatic nitrogens is 3. The van der Waals surface area contributed by atoms with Gasteiger partial charge in [0.2, 0.25) is 0 Å². The average molecular weight is 297 g/mol. The molecule has 5 heteroatoms. The molecule has 0 spiro atoms. The number of methoxy groups -OCH3 is 1. The van der Waals surface area contributed by atoms with E-state index in [0.29, 0.717) is 13.0 Å². The first kappa shape index (κ1) is 14.5. The quantitative estimate of drug-likeness (QED) is 0.759. The number of hydrogen-bond donors (Lipinski definition) is 1. The number of aryl methyl sites for hydroxylation is 1. The van der Waals surface area contributed by atoms with Crippen molar-refractivity contribution in [3.63, 3.8) is 0 Å². The molecule has 114 valence electrons. The second-order valence-corrected chi connectivity index (χ2v) is 5.14. The number of hydrogen-bond acceptors (Lipinski definition) is 4. The molecule has 3 rings (SSSR count). The minimum absolute atomic E-state index is 0.162.